The van der Waals surface area contributed by atoms with Gasteiger partial charge in [-0.15, -0.1) is 11.8 Å². The minimum Gasteiger partial charge on any atom is -0.448 e. The Hall–Kier alpha value is -3.06. The van der Waals surface area contributed by atoms with Gasteiger partial charge < -0.3 is 9.32 Å². The fourth-order valence-electron chi connectivity index (χ4n) is 3.09. The minimum atomic E-state index is -0.354. The summed E-state index contributed by atoms with van der Waals surface area (Å²) in [6, 6.07) is 15.4. The molecule has 0 N–H and O–H groups in total. The lowest BCUT2D eigenvalue weighted by atomic mass is 10.2. The molecule has 7 heteroatoms. The van der Waals surface area contributed by atoms with Crippen LogP contribution in [0, 0.1) is 0 Å². The summed E-state index contributed by atoms with van der Waals surface area (Å²) in [5.74, 6) is -0.173. The van der Waals surface area contributed by atoms with Gasteiger partial charge in [-0.25, -0.2) is 4.98 Å². The molecule has 0 aliphatic heterocycles. The van der Waals surface area contributed by atoms with Crippen LogP contribution in [0.1, 0.15) is 5.56 Å². The fourth-order valence-corrected chi connectivity index (χ4v) is 3.50. The fraction of sp³-hybridized carbons (Fsp3) is 0.190. The van der Waals surface area contributed by atoms with Crippen LogP contribution in [-0.2, 0) is 17.9 Å². The molecule has 0 saturated carbocycles. The lowest BCUT2D eigenvalue weighted by molar-refractivity contribution is -0.131. The van der Waals surface area contributed by atoms with Crippen LogP contribution in [0.3, 0.4) is 0 Å². The van der Waals surface area contributed by atoms with Crippen LogP contribution >= 0.6 is 11.8 Å². The summed E-state index contributed by atoms with van der Waals surface area (Å²) >= 11 is 1.67. The average Bonchev–Trinajstić information content (AvgIpc) is 3.10. The van der Waals surface area contributed by atoms with E-state index in [-0.39, 0.29) is 23.6 Å². The van der Waals surface area contributed by atoms with Gasteiger partial charge in [-0.05, 0) is 36.1 Å². The highest BCUT2D eigenvalue weighted by Crippen LogP contribution is 2.24. The smallest absolute Gasteiger partial charge is 0.297 e. The molecule has 0 radical (unpaired) electrons. The molecular formula is C21H19N3O3S. The number of hydrogen-bond acceptors (Lipinski definition) is 5. The second-order valence-corrected chi connectivity index (χ2v) is 7.43. The Balaban J connectivity index is 1.54. The van der Waals surface area contributed by atoms with Crippen molar-refractivity contribution in [3.8, 4) is 0 Å². The van der Waals surface area contributed by atoms with E-state index in [1.54, 1.807) is 29.8 Å². The van der Waals surface area contributed by atoms with Crippen LogP contribution < -0.4 is 5.56 Å². The second kappa shape index (κ2) is 7.52. The summed E-state index contributed by atoms with van der Waals surface area (Å²) in [4.78, 5) is 32.5. The molecule has 0 spiro atoms. The molecule has 0 fully saturated rings. The Labute approximate surface area is 165 Å². The number of likely N-dealkylation sites (N-methyl/N-ethyl adjacent to an activating group) is 1. The van der Waals surface area contributed by atoms with E-state index >= 15 is 0 Å². The van der Waals surface area contributed by atoms with Gasteiger partial charge in [0.1, 0.15) is 17.6 Å². The standard InChI is InChI=1S/C21H19N3O3S/c1-23(11-14-7-9-15(28-2)10-8-14)18(25)12-24-13-22-19-16-5-3-4-6-17(16)27-20(19)21(24)26/h3-10,13H,11-12H2,1-2H3. The zero-order valence-corrected chi connectivity index (χ0v) is 16.4. The summed E-state index contributed by atoms with van der Waals surface area (Å²) in [5, 5.41) is 0.791. The van der Waals surface area contributed by atoms with E-state index in [2.05, 4.69) is 4.98 Å². The van der Waals surface area contributed by atoms with Gasteiger partial charge in [0.25, 0.3) is 5.56 Å². The van der Waals surface area contributed by atoms with Gasteiger partial charge in [0.15, 0.2) is 0 Å². The normalized spacial score (nSPS) is 11.2. The molecule has 2 heterocycles. The molecule has 142 valence electrons. The molecule has 28 heavy (non-hydrogen) atoms. The van der Waals surface area contributed by atoms with Gasteiger partial charge in [-0.1, -0.05) is 24.3 Å². The van der Waals surface area contributed by atoms with Crippen molar-refractivity contribution >= 4 is 39.7 Å². The summed E-state index contributed by atoms with van der Waals surface area (Å²) in [7, 11) is 1.73. The highest BCUT2D eigenvalue weighted by atomic mass is 32.2. The Morgan fingerprint density at radius 2 is 1.93 bits per heavy atom. The van der Waals surface area contributed by atoms with E-state index in [9.17, 15) is 9.59 Å². The van der Waals surface area contributed by atoms with Gasteiger partial charge in [0.2, 0.25) is 11.5 Å². The number of amides is 1. The number of fused-ring (bicyclic) bond motifs is 3. The third-order valence-corrected chi connectivity index (χ3v) is 5.40. The number of thioether (sulfide) groups is 1. The SMILES string of the molecule is CSc1ccc(CN(C)C(=O)Cn2cnc3c(oc4ccccc43)c2=O)cc1. The molecule has 0 saturated heterocycles. The van der Waals surface area contributed by atoms with Crippen LogP contribution in [-0.4, -0.2) is 33.7 Å². The molecule has 2 aromatic heterocycles. The van der Waals surface area contributed by atoms with E-state index in [1.807, 2.05) is 48.7 Å². The summed E-state index contributed by atoms with van der Waals surface area (Å²) in [5.41, 5.74) is 1.98. The number of nitrogens with zero attached hydrogens (tertiary/aromatic N) is 3. The Kier molecular flexibility index (Phi) is 4.92. The van der Waals surface area contributed by atoms with E-state index in [0.717, 1.165) is 10.9 Å². The van der Waals surface area contributed by atoms with Gasteiger partial charge in [-0.3, -0.25) is 14.2 Å². The van der Waals surface area contributed by atoms with E-state index in [4.69, 9.17) is 4.42 Å². The summed E-state index contributed by atoms with van der Waals surface area (Å²) in [6.07, 6.45) is 3.43. The van der Waals surface area contributed by atoms with Crippen molar-refractivity contribution in [2.75, 3.05) is 13.3 Å². The first kappa shape index (κ1) is 18.3. The van der Waals surface area contributed by atoms with Crippen LogP contribution in [0.15, 0.2) is 69.0 Å². The maximum atomic E-state index is 12.7. The zero-order chi connectivity index (χ0) is 19.7. The molecule has 4 rings (SSSR count). The molecule has 1 amide bonds. The Morgan fingerprint density at radius 3 is 2.68 bits per heavy atom. The highest BCUT2D eigenvalue weighted by Gasteiger charge is 2.16. The first-order valence-corrected chi connectivity index (χ1v) is 10.0. The molecule has 2 aromatic carbocycles. The van der Waals surface area contributed by atoms with Crippen molar-refractivity contribution in [1.82, 2.24) is 14.5 Å². The number of carbonyl (C=O) groups is 1. The summed E-state index contributed by atoms with van der Waals surface area (Å²) in [6.45, 7) is 0.390. The molecule has 0 bridgehead atoms. The third-order valence-electron chi connectivity index (χ3n) is 4.66. The van der Waals surface area contributed by atoms with Crippen molar-refractivity contribution in [1.29, 1.82) is 0 Å². The predicted octanol–water partition coefficient (Wildman–Crippen LogP) is 3.52. The molecule has 0 unspecified atom stereocenters. The predicted molar refractivity (Wildman–Crippen MR) is 110 cm³/mol. The molecule has 4 aromatic rings. The topological polar surface area (TPSA) is 68.3 Å². The number of aromatic nitrogens is 2. The molecule has 0 atom stereocenters. The molecule has 0 aliphatic rings. The van der Waals surface area contributed by atoms with Crippen molar-refractivity contribution in [2.24, 2.45) is 0 Å². The second-order valence-electron chi connectivity index (χ2n) is 6.55. The largest absolute Gasteiger partial charge is 0.448 e. The maximum Gasteiger partial charge on any atom is 0.297 e. The number of hydrogen-bond donors (Lipinski definition) is 0. The van der Waals surface area contributed by atoms with Crippen molar-refractivity contribution in [3.05, 3.63) is 70.8 Å². The first-order valence-electron chi connectivity index (χ1n) is 8.80. The van der Waals surface area contributed by atoms with Crippen molar-refractivity contribution in [3.63, 3.8) is 0 Å². The number of rotatable bonds is 5. The minimum absolute atomic E-state index is 0.0851. The van der Waals surface area contributed by atoms with E-state index in [0.29, 0.717) is 17.6 Å². The van der Waals surface area contributed by atoms with E-state index in [1.165, 1.54) is 15.8 Å². The first-order chi connectivity index (χ1) is 13.6. The Bertz CT molecular complexity index is 1210. The monoisotopic (exact) mass is 393 g/mol. The Morgan fingerprint density at radius 1 is 1.18 bits per heavy atom. The van der Waals surface area contributed by atoms with Crippen molar-refractivity contribution in [2.45, 2.75) is 18.0 Å². The average molecular weight is 393 g/mol. The number of benzene rings is 2. The van der Waals surface area contributed by atoms with Crippen LogP contribution in [0.4, 0.5) is 0 Å². The highest BCUT2D eigenvalue weighted by molar-refractivity contribution is 7.98. The van der Waals surface area contributed by atoms with Gasteiger partial charge >= 0.3 is 0 Å². The van der Waals surface area contributed by atoms with Gasteiger partial charge in [0, 0.05) is 23.9 Å². The maximum absolute atomic E-state index is 12.7. The molecule has 0 aliphatic carbocycles. The number of furan rings is 1. The molecule has 6 nitrogen and oxygen atoms in total. The van der Waals surface area contributed by atoms with Crippen LogP contribution in [0.25, 0.3) is 22.1 Å². The number of carbonyl (C=O) groups excluding carboxylic acids is 1. The summed E-state index contributed by atoms with van der Waals surface area (Å²) < 4.78 is 6.95. The zero-order valence-electron chi connectivity index (χ0n) is 15.6. The quantitative estimate of drug-likeness (QED) is 0.485. The lowest BCUT2D eigenvalue weighted by Crippen LogP contribution is -2.33. The van der Waals surface area contributed by atoms with E-state index < -0.39 is 0 Å². The van der Waals surface area contributed by atoms with Crippen LogP contribution in [0.2, 0.25) is 0 Å². The van der Waals surface area contributed by atoms with Gasteiger partial charge in [-0.2, -0.15) is 0 Å². The van der Waals surface area contributed by atoms with Crippen molar-refractivity contribution < 1.29 is 9.21 Å². The third kappa shape index (κ3) is 3.41. The molecular weight excluding hydrogens is 374 g/mol. The lowest BCUT2D eigenvalue weighted by Gasteiger charge is -2.18. The number of para-hydroxylation sites is 1. The van der Waals surface area contributed by atoms with Gasteiger partial charge in [0.05, 0.1) is 6.33 Å². The van der Waals surface area contributed by atoms with Crippen LogP contribution in [0.5, 0.6) is 0 Å².